The molecule has 0 rings (SSSR count). The number of unbranched alkanes of at least 4 members (excludes halogenated alkanes) is 1. The Morgan fingerprint density at radius 2 is 1.88 bits per heavy atom. The van der Waals surface area contributed by atoms with Crippen LogP contribution >= 0.6 is 0 Å². The van der Waals surface area contributed by atoms with Gasteiger partial charge in [-0.25, -0.2) is 4.79 Å². The molecule has 0 amide bonds. The molecule has 7 nitrogen and oxygen atoms in total. The first-order chi connectivity index (χ1) is 7.81. The zero-order chi connectivity index (χ0) is 13.5. The van der Waals surface area contributed by atoms with E-state index in [1.807, 2.05) is 0 Å². The van der Waals surface area contributed by atoms with Gasteiger partial charge in [-0.05, 0) is 25.8 Å². The predicted octanol–water partition coefficient (Wildman–Crippen LogP) is -1.68. The fraction of sp³-hybridized carbons (Fsp3) is 0.900. The maximum Gasteiger partial charge on any atom is 0.350 e. The van der Waals surface area contributed by atoms with Crippen LogP contribution < -0.4 is 17.2 Å². The number of aliphatic hydroxyl groups excluding tert-OH is 1. The highest BCUT2D eigenvalue weighted by Gasteiger charge is 2.29. The van der Waals surface area contributed by atoms with Crippen molar-refractivity contribution in [2.24, 2.45) is 17.2 Å². The number of carboxylic acids is 1. The Labute approximate surface area is 101 Å². The van der Waals surface area contributed by atoms with Gasteiger partial charge in [0.2, 0.25) is 5.72 Å². The van der Waals surface area contributed by atoms with Crippen LogP contribution in [0.3, 0.4) is 0 Å². The number of hydrogen-bond donors (Lipinski definition) is 6. The maximum absolute atomic E-state index is 10.5. The Bertz CT molecular complexity index is 236. The van der Waals surface area contributed by atoms with Gasteiger partial charge < -0.3 is 26.8 Å². The summed E-state index contributed by atoms with van der Waals surface area (Å²) in [6.07, 6.45) is 1.32. The summed E-state index contributed by atoms with van der Waals surface area (Å²) in [7, 11) is 0. The number of hydrogen-bond acceptors (Lipinski definition) is 6. The Kier molecular flexibility index (Phi) is 7.24. The molecule has 0 fully saturated rings. The van der Waals surface area contributed by atoms with Gasteiger partial charge in [0, 0.05) is 12.5 Å². The molecular weight excluding hydrogens is 226 g/mol. The van der Waals surface area contributed by atoms with Gasteiger partial charge in [-0.15, -0.1) is 0 Å². The second-order valence-electron chi connectivity index (χ2n) is 4.28. The van der Waals surface area contributed by atoms with Crippen LogP contribution in [0.15, 0.2) is 0 Å². The summed E-state index contributed by atoms with van der Waals surface area (Å²) < 4.78 is 0. The van der Waals surface area contributed by atoms with Gasteiger partial charge in [0.1, 0.15) is 0 Å². The normalized spacial score (nSPS) is 18.4. The quantitative estimate of drug-likeness (QED) is 0.210. The van der Waals surface area contributed by atoms with E-state index >= 15 is 0 Å². The molecule has 17 heavy (non-hydrogen) atoms. The van der Waals surface area contributed by atoms with Crippen molar-refractivity contribution in [2.75, 3.05) is 6.54 Å². The average molecular weight is 249 g/mol. The summed E-state index contributed by atoms with van der Waals surface area (Å²) in [6, 6.07) is -0.380. The summed E-state index contributed by atoms with van der Waals surface area (Å²) >= 11 is 0. The van der Waals surface area contributed by atoms with Crippen LogP contribution in [0.2, 0.25) is 0 Å². The van der Waals surface area contributed by atoms with E-state index in [0.29, 0.717) is 32.2 Å². The van der Waals surface area contributed by atoms with E-state index in [9.17, 15) is 15.0 Å². The van der Waals surface area contributed by atoms with Crippen LogP contribution in [-0.4, -0.2) is 45.7 Å². The van der Waals surface area contributed by atoms with Gasteiger partial charge in [0.25, 0.3) is 0 Å². The summed E-state index contributed by atoms with van der Waals surface area (Å²) in [5, 5.41) is 27.3. The summed E-state index contributed by atoms with van der Waals surface area (Å²) in [5.74, 6) is -1.44. The standard InChI is InChI=1S/C10H23N3O4/c11-6-4-8(14)7(12)3-1-2-5-10(13,17)9(15)16/h7-8,14,17H,1-6,11-13H2,(H,15,16). The lowest BCUT2D eigenvalue weighted by Crippen LogP contribution is -2.47. The summed E-state index contributed by atoms with van der Waals surface area (Å²) in [6.45, 7) is 0.371. The lowest BCUT2D eigenvalue weighted by molar-refractivity contribution is -0.158. The summed E-state index contributed by atoms with van der Waals surface area (Å²) in [5.41, 5.74) is 13.9. The van der Waals surface area contributed by atoms with E-state index in [1.54, 1.807) is 0 Å². The summed E-state index contributed by atoms with van der Waals surface area (Å²) in [4.78, 5) is 10.5. The van der Waals surface area contributed by atoms with E-state index < -0.39 is 17.8 Å². The molecule has 0 aliphatic rings. The van der Waals surface area contributed by atoms with E-state index in [-0.39, 0.29) is 12.5 Å². The highest BCUT2D eigenvalue weighted by molar-refractivity contribution is 5.75. The van der Waals surface area contributed by atoms with Gasteiger partial charge in [-0.1, -0.05) is 6.42 Å². The zero-order valence-electron chi connectivity index (χ0n) is 9.88. The third-order valence-corrected chi connectivity index (χ3v) is 2.67. The molecule has 0 saturated heterocycles. The number of aliphatic hydroxyl groups is 2. The second kappa shape index (κ2) is 7.57. The van der Waals surface area contributed by atoms with E-state index in [2.05, 4.69) is 0 Å². The van der Waals surface area contributed by atoms with Crippen molar-refractivity contribution in [1.29, 1.82) is 0 Å². The van der Waals surface area contributed by atoms with E-state index in [0.717, 1.165) is 0 Å². The highest BCUT2D eigenvalue weighted by Crippen LogP contribution is 2.12. The molecule has 9 N–H and O–H groups in total. The lowest BCUT2D eigenvalue weighted by Gasteiger charge is -2.20. The zero-order valence-corrected chi connectivity index (χ0v) is 9.88. The Hall–Kier alpha value is -0.730. The van der Waals surface area contributed by atoms with Crippen molar-refractivity contribution in [3.05, 3.63) is 0 Å². The minimum Gasteiger partial charge on any atom is -0.478 e. The van der Waals surface area contributed by atoms with E-state index in [1.165, 1.54) is 0 Å². The fourth-order valence-corrected chi connectivity index (χ4v) is 1.46. The average Bonchev–Trinajstić information content (AvgIpc) is 2.24. The minimum absolute atomic E-state index is 0.0396. The molecule has 0 aromatic rings. The number of rotatable bonds is 9. The smallest absolute Gasteiger partial charge is 0.350 e. The lowest BCUT2D eigenvalue weighted by atomic mass is 9.99. The van der Waals surface area contributed by atoms with E-state index in [4.69, 9.17) is 22.3 Å². The number of nitrogens with two attached hydrogens (primary N) is 3. The Morgan fingerprint density at radius 3 is 2.35 bits per heavy atom. The minimum atomic E-state index is -2.18. The Balaban J connectivity index is 3.74. The van der Waals surface area contributed by atoms with Crippen molar-refractivity contribution in [2.45, 2.75) is 50.0 Å². The molecule has 102 valence electrons. The molecule has 0 heterocycles. The van der Waals surface area contributed by atoms with Crippen LogP contribution in [0.5, 0.6) is 0 Å². The molecule has 0 radical (unpaired) electrons. The van der Waals surface area contributed by atoms with Gasteiger partial charge in [0.05, 0.1) is 6.10 Å². The third kappa shape index (κ3) is 6.54. The van der Waals surface area contributed by atoms with Gasteiger partial charge in [0.15, 0.2) is 0 Å². The first-order valence-electron chi connectivity index (χ1n) is 5.69. The van der Waals surface area contributed by atoms with Gasteiger partial charge in [-0.3, -0.25) is 5.73 Å². The first-order valence-corrected chi connectivity index (χ1v) is 5.69. The molecule has 0 aliphatic carbocycles. The van der Waals surface area contributed by atoms with Gasteiger partial charge in [-0.2, -0.15) is 0 Å². The highest BCUT2D eigenvalue weighted by atomic mass is 16.4. The number of carbonyl (C=O) groups is 1. The van der Waals surface area contributed by atoms with Crippen LogP contribution in [0, 0.1) is 0 Å². The molecule has 0 spiro atoms. The van der Waals surface area contributed by atoms with Crippen LogP contribution in [0.1, 0.15) is 32.1 Å². The molecule has 0 aromatic carbocycles. The largest absolute Gasteiger partial charge is 0.478 e. The van der Waals surface area contributed by atoms with Crippen LogP contribution in [-0.2, 0) is 4.79 Å². The molecule has 7 heteroatoms. The molecule has 3 unspecified atom stereocenters. The van der Waals surface area contributed by atoms with Gasteiger partial charge >= 0.3 is 5.97 Å². The SMILES string of the molecule is NCCC(O)C(N)CCCCC(N)(O)C(=O)O. The van der Waals surface area contributed by atoms with Crippen molar-refractivity contribution in [3.8, 4) is 0 Å². The molecule has 0 saturated carbocycles. The second-order valence-corrected chi connectivity index (χ2v) is 4.28. The van der Waals surface area contributed by atoms with Crippen molar-refractivity contribution in [3.63, 3.8) is 0 Å². The Morgan fingerprint density at radius 1 is 1.29 bits per heavy atom. The number of aliphatic carboxylic acids is 1. The third-order valence-electron chi connectivity index (χ3n) is 2.67. The first kappa shape index (κ1) is 16.3. The molecule has 3 atom stereocenters. The molecular formula is C10H23N3O4. The van der Waals surface area contributed by atoms with Crippen molar-refractivity contribution in [1.82, 2.24) is 0 Å². The predicted molar refractivity (Wildman–Crippen MR) is 62.9 cm³/mol. The monoisotopic (exact) mass is 249 g/mol. The molecule has 0 aliphatic heterocycles. The van der Waals surface area contributed by atoms with Crippen LogP contribution in [0.4, 0.5) is 0 Å². The van der Waals surface area contributed by atoms with Crippen LogP contribution in [0.25, 0.3) is 0 Å². The molecule has 0 bridgehead atoms. The fourth-order valence-electron chi connectivity index (χ4n) is 1.46. The topological polar surface area (TPSA) is 156 Å². The van der Waals surface area contributed by atoms with Crippen molar-refractivity contribution >= 4 is 5.97 Å². The number of carboxylic acid groups (broad SMARTS) is 1. The van der Waals surface area contributed by atoms with Crippen molar-refractivity contribution < 1.29 is 20.1 Å². The molecule has 0 aromatic heterocycles. The maximum atomic E-state index is 10.5.